The Kier molecular flexibility index (Phi) is 10.3. The number of carbonyl (C=O) groups excluding carboxylic acids is 2. The maximum atomic E-state index is 13.8. The van der Waals surface area contributed by atoms with E-state index in [2.05, 4.69) is 5.32 Å². The summed E-state index contributed by atoms with van der Waals surface area (Å²) in [6.07, 6.45) is 0. The van der Waals surface area contributed by atoms with Gasteiger partial charge in [0.15, 0.2) is 0 Å². The van der Waals surface area contributed by atoms with Crippen molar-refractivity contribution < 1.29 is 27.1 Å². The second-order valence-electron chi connectivity index (χ2n) is 8.61. The SMILES string of the molecule is CCNC(=O)[C@@H](C)N(Cc1ccc(Cl)cc1)C(=O)CN(c1ccc(OCC)cc1)S(=O)(=O)c1ccc(F)cc1. The molecule has 8 nitrogen and oxygen atoms in total. The molecule has 0 fully saturated rings. The Morgan fingerprint density at radius 1 is 0.974 bits per heavy atom. The third kappa shape index (κ3) is 7.70. The Bertz CT molecular complexity index is 1370. The first-order chi connectivity index (χ1) is 18.6. The maximum Gasteiger partial charge on any atom is 0.264 e. The van der Waals surface area contributed by atoms with E-state index in [-0.39, 0.29) is 23.0 Å². The summed E-state index contributed by atoms with van der Waals surface area (Å²) in [5.74, 6) is -1.06. The Morgan fingerprint density at radius 2 is 1.59 bits per heavy atom. The van der Waals surface area contributed by atoms with E-state index < -0.39 is 34.3 Å². The van der Waals surface area contributed by atoms with Gasteiger partial charge in [-0.25, -0.2) is 12.8 Å². The number of amides is 2. The monoisotopic (exact) mass is 575 g/mol. The molecule has 0 saturated heterocycles. The molecule has 1 N–H and O–H groups in total. The molecule has 2 amide bonds. The van der Waals surface area contributed by atoms with Crippen molar-refractivity contribution in [1.29, 1.82) is 0 Å². The van der Waals surface area contributed by atoms with Crippen molar-refractivity contribution in [2.24, 2.45) is 0 Å². The average molecular weight is 576 g/mol. The molecular formula is C28H31ClFN3O5S. The number of nitrogens with zero attached hydrogens (tertiary/aromatic N) is 2. The largest absolute Gasteiger partial charge is 0.494 e. The van der Waals surface area contributed by atoms with Crippen LogP contribution < -0.4 is 14.4 Å². The summed E-state index contributed by atoms with van der Waals surface area (Å²) in [5.41, 5.74) is 0.908. The second kappa shape index (κ2) is 13.4. The van der Waals surface area contributed by atoms with Crippen LogP contribution in [0.3, 0.4) is 0 Å². The normalized spacial score (nSPS) is 11.9. The fraction of sp³-hybridized carbons (Fsp3) is 0.286. The number of rotatable bonds is 12. The molecule has 0 aliphatic heterocycles. The number of ether oxygens (including phenoxy) is 1. The number of carbonyl (C=O) groups is 2. The fourth-order valence-electron chi connectivity index (χ4n) is 3.83. The van der Waals surface area contributed by atoms with Crippen molar-refractivity contribution in [1.82, 2.24) is 10.2 Å². The highest BCUT2D eigenvalue weighted by molar-refractivity contribution is 7.92. The maximum absolute atomic E-state index is 13.8. The van der Waals surface area contributed by atoms with Crippen LogP contribution in [-0.2, 0) is 26.2 Å². The molecule has 3 aromatic carbocycles. The number of anilines is 1. The molecule has 0 aliphatic carbocycles. The van der Waals surface area contributed by atoms with Gasteiger partial charge >= 0.3 is 0 Å². The van der Waals surface area contributed by atoms with E-state index in [0.29, 0.717) is 29.5 Å². The lowest BCUT2D eigenvalue weighted by molar-refractivity contribution is -0.139. The number of hydrogen-bond donors (Lipinski definition) is 1. The first-order valence-electron chi connectivity index (χ1n) is 12.4. The molecule has 0 aliphatic rings. The zero-order valence-corrected chi connectivity index (χ0v) is 23.5. The zero-order valence-electron chi connectivity index (χ0n) is 21.9. The van der Waals surface area contributed by atoms with Crippen LogP contribution in [0.4, 0.5) is 10.1 Å². The summed E-state index contributed by atoms with van der Waals surface area (Å²) in [6, 6.07) is 16.5. The molecular weight excluding hydrogens is 545 g/mol. The fourth-order valence-corrected chi connectivity index (χ4v) is 5.37. The number of hydrogen-bond acceptors (Lipinski definition) is 5. The molecule has 0 unspecified atom stereocenters. The van der Waals surface area contributed by atoms with Crippen molar-refractivity contribution in [3.63, 3.8) is 0 Å². The van der Waals surface area contributed by atoms with Crippen molar-refractivity contribution in [3.05, 3.63) is 89.2 Å². The van der Waals surface area contributed by atoms with Crippen molar-refractivity contribution >= 4 is 39.1 Å². The third-order valence-electron chi connectivity index (χ3n) is 5.90. The lowest BCUT2D eigenvalue weighted by Crippen LogP contribution is -2.51. The molecule has 0 heterocycles. The molecule has 3 rings (SSSR count). The van der Waals surface area contributed by atoms with E-state index >= 15 is 0 Å². The molecule has 0 bridgehead atoms. The van der Waals surface area contributed by atoms with Gasteiger partial charge in [-0.05, 0) is 87.0 Å². The first kappa shape index (κ1) is 29.9. The summed E-state index contributed by atoms with van der Waals surface area (Å²) in [5, 5.41) is 3.22. The second-order valence-corrected chi connectivity index (χ2v) is 10.9. The van der Waals surface area contributed by atoms with E-state index in [1.165, 1.54) is 17.0 Å². The Morgan fingerprint density at radius 3 is 2.15 bits per heavy atom. The summed E-state index contributed by atoms with van der Waals surface area (Å²) in [7, 11) is -4.30. The molecule has 0 spiro atoms. The average Bonchev–Trinajstić information content (AvgIpc) is 2.92. The Labute approximate surface area is 233 Å². The number of benzene rings is 3. The number of likely N-dealkylation sites (N-methyl/N-ethyl adjacent to an activating group) is 1. The van der Waals surface area contributed by atoms with Gasteiger partial charge in [-0.3, -0.25) is 13.9 Å². The van der Waals surface area contributed by atoms with Gasteiger partial charge in [-0.15, -0.1) is 0 Å². The van der Waals surface area contributed by atoms with Gasteiger partial charge in [-0.1, -0.05) is 23.7 Å². The minimum Gasteiger partial charge on any atom is -0.494 e. The van der Waals surface area contributed by atoms with E-state index in [4.69, 9.17) is 16.3 Å². The Balaban J connectivity index is 2.02. The van der Waals surface area contributed by atoms with E-state index in [0.717, 1.165) is 28.6 Å². The van der Waals surface area contributed by atoms with E-state index in [1.807, 2.05) is 6.92 Å². The van der Waals surface area contributed by atoms with Crippen LogP contribution in [-0.4, -0.2) is 50.9 Å². The lowest BCUT2D eigenvalue weighted by Gasteiger charge is -2.32. The van der Waals surface area contributed by atoms with E-state index in [1.54, 1.807) is 50.2 Å². The van der Waals surface area contributed by atoms with Gasteiger partial charge in [0.2, 0.25) is 11.8 Å². The molecule has 1 atom stereocenters. The number of halogens is 2. The molecule has 39 heavy (non-hydrogen) atoms. The van der Waals surface area contributed by atoms with Crippen LogP contribution in [0.5, 0.6) is 5.75 Å². The van der Waals surface area contributed by atoms with Gasteiger partial charge in [0.1, 0.15) is 24.2 Å². The predicted octanol–water partition coefficient (Wildman–Crippen LogP) is 4.63. The minimum absolute atomic E-state index is 0.0437. The minimum atomic E-state index is -4.30. The lowest BCUT2D eigenvalue weighted by atomic mass is 10.1. The highest BCUT2D eigenvalue weighted by atomic mass is 35.5. The third-order valence-corrected chi connectivity index (χ3v) is 7.94. The molecule has 11 heteroatoms. The smallest absolute Gasteiger partial charge is 0.264 e. The van der Waals surface area contributed by atoms with Gasteiger partial charge in [0.05, 0.1) is 17.2 Å². The topological polar surface area (TPSA) is 96.0 Å². The summed E-state index contributed by atoms with van der Waals surface area (Å²) < 4.78 is 47.4. The first-order valence-corrected chi connectivity index (χ1v) is 14.2. The van der Waals surface area contributed by atoms with E-state index in [9.17, 15) is 22.4 Å². The van der Waals surface area contributed by atoms with Gasteiger partial charge in [0, 0.05) is 18.1 Å². The van der Waals surface area contributed by atoms with Crippen LogP contribution in [0.25, 0.3) is 0 Å². The standard InChI is InChI=1S/C28H31ClFN3O5S/c1-4-31-28(35)20(3)32(18-21-6-8-22(29)9-7-21)27(34)19-33(24-12-14-25(15-13-24)38-5-2)39(36,37)26-16-10-23(30)11-17-26/h6-17,20H,4-5,18-19H2,1-3H3,(H,31,35)/t20-/m1/s1. The highest BCUT2D eigenvalue weighted by Crippen LogP contribution is 2.27. The molecule has 0 aromatic heterocycles. The zero-order chi connectivity index (χ0) is 28.6. The molecule has 0 saturated carbocycles. The predicted molar refractivity (Wildman–Crippen MR) is 149 cm³/mol. The van der Waals surface area contributed by atoms with Crippen molar-refractivity contribution in [2.75, 3.05) is 24.0 Å². The molecule has 208 valence electrons. The van der Waals surface area contributed by atoms with Crippen LogP contribution in [0.15, 0.2) is 77.7 Å². The Hall–Kier alpha value is -3.63. The quantitative estimate of drug-likeness (QED) is 0.340. The number of nitrogens with one attached hydrogen (secondary N) is 1. The summed E-state index contributed by atoms with van der Waals surface area (Å²) in [4.78, 5) is 27.6. The highest BCUT2D eigenvalue weighted by Gasteiger charge is 2.32. The summed E-state index contributed by atoms with van der Waals surface area (Å²) >= 11 is 6.00. The van der Waals surface area contributed by atoms with Crippen LogP contribution in [0, 0.1) is 5.82 Å². The van der Waals surface area contributed by atoms with Gasteiger partial charge in [0.25, 0.3) is 10.0 Å². The van der Waals surface area contributed by atoms with Crippen LogP contribution in [0.2, 0.25) is 5.02 Å². The number of sulfonamides is 1. The van der Waals surface area contributed by atoms with Crippen LogP contribution in [0.1, 0.15) is 26.3 Å². The van der Waals surface area contributed by atoms with Crippen molar-refractivity contribution in [3.8, 4) is 5.75 Å². The van der Waals surface area contributed by atoms with Gasteiger partial charge in [-0.2, -0.15) is 0 Å². The summed E-state index contributed by atoms with van der Waals surface area (Å²) in [6.45, 7) is 5.39. The van der Waals surface area contributed by atoms with Gasteiger partial charge < -0.3 is 15.0 Å². The molecule has 0 radical (unpaired) electrons. The molecule has 3 aromatic rings. The van der Waals surface area contributed by atoms with Crippen molar-refractivity contribution in [2.45, 2.75) is 38.3 Å². The van der Waals surface area contributed by atoms with Crippen LogP contribution >= 0.6 is 11.6 Å².